The van der Waals surface area contributed by atoms with Crippen LogP contribution in [0.15, 0.2) is 18.2 Å². The average molecular weight is 218 g/mol. The summed E-state index contributed by atoms with van der Waals surface area (Å²) >= 11 is 0. The lowest BCUT2D eigenvalue weighted by molar-refractivity contribution is -0.639. The fraction of sp³-hybridized carbons (Fsp3) is 0.571. The van der Waals surface area contributed by atoms with Crippen LogP contribution in [0.4, 0.5) is 5.69 Å². The summed E-state index contributed by atoms with van der Waals surface area (Å²) in [5.74, 6) is 0. The molecule has 0 bridgehead atoms. The van der Waals surface area contributed by atoms with Crippen LogP contribution in [0.2, 0.25) is 0 Å². The first-order valence-electron chi connectivity index (χ1n) is 6.59. The lowest BCUT2D eigenvalue weighted by Gasteiger charge is -2.33. The van der Waals surface area contributed by atoms with E-state index >= 15 is 0 Å². The van der Waals surface area contributed by atoms with Crippen molar-refractivity contribution in [3.8, 4) is 0 Å². The van der Waals surface area contributed by atoms with Gasteiger partial charge in [-0.05, 0) is 30.9 Å². The summed E-state index contributed by atoms with van der Waals surface area (Å²) in [6.07, 6.45) is 5.46. The second-order valence-corrected chi connectivity index (χ2v) is 5.33. The van der Waals surface area contributed by atoms with Crippen LogP contribution in [0.1, 0.15) is 30.4 Å². The molecule has 1 atom stereocenters. The van der Waals surface area contributed by atoms with Crippen molar-refractivity contribution in [3.05, 3.63) is 29.3 Å². The number of quaternary nitrogens is 2. The minimum absolute atomic E-state index is 0.520. The fourth-order valence-electron chi connectivity index (χ4n) is 3.72. The van der Waals surface area contributed by atoms with Crippen molar-refractivity contribution in [1.82, 2.24) is 0 Å². The highest BCUT2D eigenvalue weighted by molar-refractivity contribution is 5.49. The minimum atomic E-state index is 0.520. The molecule has 4 N–H and O–H groups in total. The normalized spacial score (nSPS) is 28.3. The van der Waals surface area contributed by atoms with Gasteiger partial charge in [0, 0.05) is 12.0 Å². The van der Waals surface area contributed by atoms with Gasteiger partial charge in [0.15, 0.2) is 0 Å². The second-order valence-electron chi connectivity index (χ2n) is 5.33. The zero-order valence-corrected chi connectivity index (χ0v) is 10.1. The summed E-state index contributed by atoms with van der Waals surface area (Å²) in [5.41, 5.74) is 5.31. The molecule has 0 unspecified atom stereocenters. The van der Waals surface area contributed by atoms with E-state index in [9.17, 15) is 0 Å². The molecule has 2 aliphatic rings. The lowest BCUT2D eigenvalue weighted by Crippen LogP contribution is -2.82. The van der Waals surface area contributed by atoms with Gasteiger partial charge >= 0.3 is 0 Å². The molecular weight excluding hydrogens is 196 g/mol. The van der Waals surface area contributed by atoms with E-state index in [-0.39, 0.29) is 0 Å². The van der Waals surface area contributed by atoms with Gasteiger partial charge in [-0.3, -0.25) is 0 Å². The molecule has 3 rings (SSSR count). The highest BCUT2D eigenvalue weighted by Crippen LogP contribution is 2.41. The smallest absolute Gasteiger partial charge is 0.132 e. The standard InChI is InChI=1S/C14H20N2/c1-15-13-6-2-5-12-11(13)4-3-7-14(12)8-9-16-10-14/h2,5-6,15-16H,3-4,7-10H2,1H3/p+2/t14-/m0/s1. The molecule has 0 aromatic heterocycles. The molecule has 86 valence electrons. The largest absolute Gasteiger partial charge is 0.345 e. The third kappa shape index (κ3) is 1.40. The first-order chi connectivity index (χ1) is 7.86. The van der Waals surface area contributed by atoms with Gasteiger partial charge in [0.1, 0.15) is 5.69 Å². The van der Waals surface area contributed by atoms with E-state index in [1.54, 1.807) is 11.1 Å². The summed E-state index contributed by atoms with van der Waals surface area (Å²) in [6.45, 7) is 2.63. The Morgan fingerprint density at radius 1 is 1.31 bits per heavy atom. The molecule has 0 radical (unpaired) electrons. The van der Waals surface area contributed by atoms with Gasteiger partial charge in [0.05, 0.1) is 25.6 Å². The van der Waals surface area contributed by atoms with Crippen molar-refractivity contribution in [3.63, 3.8) is 0 Å². The summed E-state index contributed by atoms with van der Waals surface area (Å²) < 4.78 is 0. The van der Waals surface area contributed by atoms with Gasteiger partial charge < -0.3 is 10.6 Å². The number of nitrogens with two attached hydrogens (primary N) is 2. The first-order valence-corrected chi connectivity index (χ1v) is 6.59. The van der Waals surface area contributed by atoms with Crippen LogP contribution in [0.25, 0.3) is 0 Å². The third-order valence-corrected chi connectivity index (χ3v) is 4.54. The van der Waals surface area contributed by atoms with Crippen LogP contribution in [-0.2, 0) is 11.8 Å². The minimum Gasteiger partial charge on any atom is -0.345 e. The maximum absolute atomic E-state index is 2.50. The van der Waals surface area contributed by atoms with Crippen LogP contribution in [0, 0.1) is 0 Å². The molecule has 1 heterocycles. The molecule has 1 aromatic rings. The van der Waals surface area contributed by atoms with Crippen LogP contribution in [-0.4, -0.2) is 20.1 Å². The molecule has 1 aliphatic carbocycles. The highest BCUT2D eigenvalue weighted by atomic mass is 14.9. The number of hydrogen-bond acceptors (Lipinski definition) is 0. The van der Waals surface area contributed by atoms with Crippen LogP contribution in [0.5, 0.6) is 0 Å². The number of rotatable bonds is 1. The molecule has 1 aliphatic heterocycles. The zero-order chi connectivity index (χ0) is 11.0. The van der Waals surface area contributed by atoms with Crippen molar-refractivity contribution in [2.75, 3.05) is 20.1 Å². The molecular formula is C14H22N2+2. The average Bonchev–Trinajstić information content (AvgIpc) is 2.78. The van der Waals surface area contributed by atoms with Crippen molar-refractivity contribution in [2.24, 2.45) is 0 Å². The summed E-state index contributed by atoms with van der Waals surface area (Å²) in [5, 5.41) is 4.77. The SMILES string of the molecule is C[NH2+]c1cccc2c1CCC[C@@]21CC[NH2+]C1. The number of fused-ring (bicyclic) bond motifs is 2. The molecule has 1 spiro atoms. The van der Waals surface area contributed by atoms with E-state index in [0.717, 1.165) is 0 Å². The maximum atomic E-state index is 2.50. The molecule has 1 fully saturated rings. The first kappa shape index (κ1) is 10.3. The summed E-state index contributed by atoms with van der Waals surface area (Å²) in [7, 11) is 2.16. The van der Waals surface area contributed by atoms with Crippen molar-refractivity contribution in [1.29, 1.82) is 0 Å². The third-order valence-electron chi connectivity index (χ3n) is 4.54. The Morgan fingerprint density at radius 2 is 2.25 bits per heavy atom. The van der Waals surface area contributed by atoms with Crippen molar-refractivity contribution < 1.29 is 10.6 Å². The Balaban J connectivity index is 2.11. The Morgan fingerprint density at radius 3 is 3.00 bits per heavy atom. The van der Waals surface area contributed by atoms with E-state index in [4.69, 9.17) is 0 Å². The molecule has 1 saturated heterocycles. The maximum Gasteiger partial charge on any atom is 0.132 e. The van der Waals surface area contributed by atoms with E-state index < -0.39 is 0 Å². The van der Waals surface area contributed by atoms with Gasteiger partial charge in [-0.25, -0.2) is 0 Å². The fourth-order valence-corrected chi connectivity index (χ4v) is 3.72. The summed E-state index contributed by atoms with van der Waals surface area (Å²) in [4.78, 5) is 0. The predicted molar refractivity (Wildman–Crippen MR) is 64.8 cm³/mol. The number of benzene rings is 1. The van der Waals surface area contributed by atoms with E-state index in [2.05, 4.69) is 35.9 Å². The second kappa shape index (κ2) is 3.86. The number of hydrogen-bond donors (Lipinski definition) is 2. The van der Waals surface area contributed by atoms with Crippen molar-refractivity contribution >= 4 is 5.69 Å². The predicted octanol–water partition coefficient (Wildman–Crippen LogP) is 0.0525. The van der Waals surface area contributed by atoms with Gasteiger partial charge in [-0.1, -0.05) is 12.1 Å². The van der Waals surface area contributed by atoms with Gasteiger partial charge in [0.2, 0.25) is 0 Å². The van der Waals surface area contributed by atoms with Crippen LogP contribution in [0.3, 0.4) is 0 Å². The quantitative estimate of drug-likeness (QED) is 0.625. The molecule has 16 heavy (non-hydrogen) atoms. The Bertz CT molecular complexity index is 392. The Hall–Kier alpha value is -0.860. The topological polar surface area (TPSA) is 33.2 Å². The lowest BCUT2D eigenvalue weighted by atomic mass is 9.69. The van der Waals surface area contributed by atoms with Crippen LogP contribution < -0.4 is 10.6 Å². The van der Waals surface area contributed by atoms with Gasteiger partial charge in [-0.15, -0.1) is 0 Å². The van der Waals surface area contributed by atoms with Crippen LogP contribution >= 0.6 is 0 Å². The molecule has 0 amide bonds. The van der Waals surface area contributed by atoms with E-state index in [1.807, 2.05) is 0 Å². The Labute approximate surface area is 97.4 Å². The van der Waals surface area contributed by atoms with E-state index in [1.165, 1.54) is 44.5 Å². The van der Waals surface area contributed by atoms with E-state index in [0.29, 0.717) is 5.41 Å². The molecule has 2 nitrogen and oxygen atoms in total. The summed E-state index contributed by atoms with van der Waals surface area (Å²) in [6, 6.07) is 6.91. The van der Waals surface area contributed by atoms with Gasteiger partial charge in [0.25, 0.3) is 0 Å². The van der Waals surface area contributed by atoms with Crippen molar-refractivity contribution in [2.45, 2.75) is 31.1 Å². The Kier molecular flexibility index (Phi) is 2.49. The molecule has 2 heteroatoms. The monoisotopic (exact) mass is 218 g/mol. The molecule has 0 saturated carbocycles. The highest BCUT2D eigenvalue weighted by Gasteiger charge is 2.42. The molecule has 1 aromatic carbocycles. The van der Waals surface area contributed by atoms with Gasteiger partial charge in [-0.2, -0.15) is 0 Å². The zero-order valence-electron chi connectivity index (χ0n) is 10.1.